The van der Waals surface area contributed by atoms with Crippen LogP contribution in [0.4, 0.5) is 4.79 Å². The lowest BCUT2D eigenvalue weighted by Crippen LogP contribution is -2.20. The number of tetrazole rings is 1. The second kappa shape index (κ2) is 2.07. The molecule has 0 bridgehead atoms. The average molecular weight is 129 g/mol. The van der Waals surface area contributed by atoms with Gasteiger partial charge in [0.05, 0.1) is 0 Å². The van der Waals surface area contributed by atoms with Crippen LogP contribution in [0.1, 0.15) is 0 Å². The second-order valence-corrected chi connectivity index (χ2v) is 1.17. The van der Waals surface area contributed by atoms with Gasteiger partial charge in [0.2, 0.25) is 0 Å². The Morgan fingerprint density at radius 3 is 3.00 bits per heavy atom. The minimum atomic E-state index is -1.21. The van der Waals surface area contributed by atoms with E-state index in [1.54, 1.807) is 0 Å². The zero-order chi connectivity index (χ0) is 6.69. The van der Waals surface area contributed by atoms with Gasteiger partial charge < -0.3 is 5.11 Å². The van der Waals surface area contributed by atoms with E-state index in [4.69, 9.17) is 5.11 Å². The van der Waals surface area contributed by atoms with Crippen LogP contribution in [0.2, 0.25) is 0 Å². The quantitative estimate of drug-likeness (QED) is 0.501. The van der Waals surface area contributed by atoms with Gasteiger partial charge in [-0.1, -0.05) is 0 Å². The topological polar surface area (TPSA) is 92.9 Å². The molecule has 0 aliphatic heterocycles. The first-order valence-electron chi connectivity index (χ1n) is 2.02. The highest BCUT2D eigenvalue weighted by molar-refractivity contribution is 5.72. The fraction of sp³-hybridized carbons (Fsp3) is 0. The predicted molar refractivity (Wildman–Crippen MR) is 25.2 cm³/mol. The van der Waals surface area contributed by atoms with Crippen molar-refractivity contribution in [2.75, 3.05) is 5.43 Å². The Bertz CT molecular complexity index is 193. The van der Waals surface area contributed by atoms with Crippen molar-refractivity contribution in [3.8, 4) is 0 Å². The molecule has 0 fully saturated rings. The van der Waals surface area contributed by atoms with Gasteiger partial charge in [-0.3, -0.25) is 0 Å². The Morgan fingerprint density at radius 2 is 2.56 bits per heavy atom. The van der Waals surface area contributed by atoms with E-state index in [1.807, 2.05) is 5.43 Å². The third-order valence-corrected chi connectivity index (χ3v) is 0.559. The summed E-state index contributed by atoms with van der Waals surface area (Å²) in [6, 6.07) is 0. The maximum Gasteiger partial charge on any atom is 0.425 e. The fourth-order valence-corrected chi connectivity index (χ4v) is 0.311. The molecule has 7 nitrogen and oxygen atoms in total. The van der Waals surface area contributed by atoms with E-state index in [2.05, 4.69) is 15.5 Å². The maximum atomic E-state index is 9.84. The molecular weight excluding hydrogens is 126 g/mol. The van der Waals surface area contributed by atoms with Crippen LogP contribution in [0.25, 0.3) is 0 Å². The van der Waals surface area contributed by atoms with Crippen LogP contribution in [-0.4, -0.2) is 31.5 Å². The Hall–Kier alpha value is -1.66. The summed E-state index contributed by atoms with van der Waals surface area (Å²) >= 11 is 0. The minimum Gasteiger partial charge on any atom is -0.464 e. The summed E-state index contributed by atoms with van der Waals surface area (Å²) in [5.41, 5.74) is 1.88. The van der Waals surface area contributed by atoms with Crippen molar-refractivity contribution in [3.05, 3.63) is 6.33 Å². The van der Waals surface area contributed by atoms with Crippen molar-refractivity contribution in [2.24, 2.45) is 0 Å². The maximum absolute atomic E-state index is 9.84. The van der Waals surface area contributed by atoms with Crippen LogP contribution < -0.4 is 5.43 Å². The SMILES string of the molecule is O=C(O)Nn1cnnn1. The number of carbonyl (C=O) groups is 1. The van der Waals surface area contributed by atoms with Crippen molar-refractivity contribution in [2.45, 2.75) is 0 Å². The molecule has 0 atom stereocenters. The number of nitrogens with one attached hydrogen (secondary N) is 1. The van der Waals surface area contributed by atoms with Crippen LogP contribution in [0.5, 0.6) is 0 Å². The number of nitrogens with zero attached hydrogens (tertiary/aromatic N) is 4. The van der Waals surface area contributed by atoms with Crippen LogP contribution in [-0.2, 0) is 0 Å². The molecule has 0 saturated heterocycles. The van der Waals surface area contributed by atoms with Crippen LogP contribution >= 0.6 is 0 Å². The van der Waals surface area contributed by atoms with Gasteiger partial charge in [-0.2, -0.15) is 0 Å². The van der Waals surface area contributed by atoms with E-state index < -0.39 is 6.09 Å². The zero-order valence-corrected chi connectivity index (χ0v) is 4.22. The van der Waals surface area contributed by atoms with Crippen molar-refractivity contribution in [3.63, 3.8) is 0 Å². The molecule has 1 heterocycles. The summed E-state index contributed by atoms with van der Waals surface area (Å²) in [6.07, 6.45) is -0.0731. The number of carboxylic acid groups (broad SMARTS) is 1. The molecule has 9 heavy (non-hydrogen) atoms. The number of amides is 1. The van der Waals surface area contributed by atoms with E-state index >= 15 is 0 Å². The highest BCUT2D eigenvalue weighted by Gasteiger charge is 1.93. The van der Waals surface area contributed by atoms with Gasteiger partial charge in [-0.05, 0) is 10.4 Å². The summed E-state index contributed by atoms with van der Waals surface area (Å²) in [4.78, 5) is 10.7. The summed E-state index contributed by atoms with van der Waals surface area (Å²) in [6.45, 7) is 0. The molecule has 1 amide bonds. The third-order valence-electron chi connectivity index (χ3n) is 0.559. The summed E-state index contributed by atoms with van der Waals surface area (Å²) < 4.78 is 0. The normalized spacial score (nSPS) is 8.89. The van der Waals surface area contributed by atoms with Gasteiger partial charge in [0.25, 0.3) is 0 Å². The fourth-order valence-electron chi connectivity index (χ4n) is 0.311. The van der Waals surface area contributed by atoms with Crippen LogP contribution in [0.15, 0.2) is 6.33 Å². The Labute approximate surface area is 49.3 Å². The molecule has 1 aromatic rings. The molecule has 0 aromatic carbocycles. The molecular formula is C2H3N5O2. The molecule has 48 valence electrons. The Morgan fingerprint density at radius 1 is 1.78 bits per heavy atom. The molecule has 0 unspecified atom stereocenters. The Kier molecular flexibility index (Phi) is 1.26. The summed E-state index contributed by atoms with van der Waals surface area (Å²) in [5, 5.41) is 17.6. The van der Waals surface area contributed by atoms with Crippen LogP contribution in [0.3, 0.4) is 0 Å². The Balaban J connectivity index is 2.58. The number of hydrogen-bond donors (Lipinski definition) is 2. The molecule has 0 radical (unpaired) electrons. The molecule has 7 heteroatoms. The number of aromatic nitrogens is 4. The predicted octanol–water partition coefficient (Wildman–Crippen LogP) is -1.11. The van der Waals surface area contributed by atoms with Gasteiger partial charge in [0.1, 0.15) is 0 Å². The van der Waals surface area contributed by atoms with Crippen molar-refractivity contribution in [1.82, 2.24) is 20.3 Å². The lowest BCUT2D eigenvalue weighted by Gasteiger charge is -1.92. The highest BCUT2D eigenvalue weighted by Crippen LogP contribution is 1.67. The number of rotatable bonds is 1. The van der Waals surface area contributed by atoms with Crippen molar-refractivity contribution in [1.29, 1.82) is 0 Å². The zero-order valence-electron chi connectivity index (χ0n) is 4.22. The smallest absolute Gasteiger partial charge is 0.425 e. The molecule has 2 N–H and O–H groups in total. The second-order valence-electron chi connectivity index (χ2n) is 1.17. The first kappa shape index (κ1) is 5.48. The molecule has 0 aliphatic carbocycles. The third kappa shape index (κ3) is 1.37. The van der Waals surface area contributed by atoms with Crippen molar-refractivity contribution >= 4 is 6.09 Å². The van der Waals surface area contributed by atoms with Gasteiger partial charge in [-0.25, -0.2) is 10.2 Å². The van der Waals surface area contributed by atoms with E-state index in [0.717, 1.165) is 11.1 Å². The van der Waals surface area contributed by atoms with Gasteiger partial charge in [-0.15, -0.1) is 9.89 Å². The monoisotopic (exact) mass is 129 g/mol. The van der Waals surface area contributed by atoms with Gasteiger partial charge in [0.15, 0.2) is 6.33 Å². The van der Waals surface area contributed by atoms with Gasteiger partial charge in [0, 0.05) is 0 Å². The standard InChI is InChI=1S/C2H3N5O2/c8-2(9)4-7-1-3-5-6-7/h1,4H,(H,8,9). The first-order valence-corrected chi connectivity index (χ1v) is 2.02. The lowest BCUT2D eigenvalue weighted by atomic mass is 11.2. The summed E-state index contributed by atoms with van der Waals surface area (Å²) in [7, 11) is 0. The largest absolute Gasteiger partial charge is 0.464 e. The molecule has 1 aromatic heterocycles. The minimum absolute atomic E-state index is 0.877. The van der Waals surface area contributed by atoms with E-state index in [9.17, 15) is 4.79 Å². The summed E-state index contributed by atoms with van der Waals surface area (Å²) in [5.74, 6) is 0. The van der Waals surface area contributed by atoms with E-state index in [0.29, 0.717) is 0 Å². The van der Waals surface area contributed by atoms with Crippen molar-refractivity contribution < 1.29 is 9.90 Å². The molecule has 0 aliphatic rings. The molecule has 0 saturated carbocycles. The first-order chi connectivity index (χ1) is 4.29. The van der Waals surface area contributed by atoms with E-state index in [-0.39, 0.29) is 0 Å². The lowest BCUT2D eigenvalue weighted by molar-refractivity contribution is 0.205. The highest BCUT2D eigenvalue weighted by atomic mass is 16.4. The average Bonchev–Trinajstić information content (AvgIpc) is 2.15. The van der Waals surface area contributed by atoms with Crippen LogP contribution in [0, 0.1) is 0 Å². The van der Waals surface area contributed by atoms with E-state index in [1.165, 1.54) is 0 Å². The molecule has 1 rings (SSSR count). The van der Waals surface area contributed by atoms with Gasteiger partial charge >= 0.3 is 6.09 Å². The molecule has 0 spiro atoms. The number of hydrogen-bond acceptors (Lipinski definition) is 4.